The van der Waals surface area contributed by atoms with Crippen molar-refractivity contribution >= 4 is 31.9 Å². The molecule has 0 fully saturated rings. The van der Waals surface area contributed by atoms with Crippen LogP contribution >= 0.6 is 11.3 Å². The molecule has 0 saturated heterocycles. The Bertz CT molecular complexity index is 831. The molecule has 0 atom stereocenters. The highest BCUT2D eigenvalue weighted by Crippen LogP contribution is 2.27. The molecule has 0 radical (unpaired) electrons. The van der Waals surface area contributed by atoms with Crippen LogP contribution in [0.15, 0.2) is 15.8 Å². The number of fused-ring (bicyclic) bond motifs is 3. The van der Waals surface area contributed by atoms with Gasteiger partial charge < -0.3 is 9.72 Å². The number of nitrogens with zero attached hydrogens (tertiary/aromatic N) is 2. The molecule has 0 spiro atoms. The van der Waals surface area contributed by atoms with E-state index in [1.54, 1.807) is 0 Å². The van der Waals surface area contributed by atoms with Crippen LogP contribution in [0.1, 0.15) is 0 Å². The third-order valence-corrected chi connectivity index (χ3v) is 3.35. The molecule has 0 aliphatic rings. The van der Waals surface area contributed by atoms with Crippen molar-refractivity contribution in [3.05, 3.63) is 27.0 Å². The van der Waals surface area contributed by atoms with Gasteiger partial charge in [-0.25, -0.2) is 14.8 Å². The molecule has 3 aromatic heterocycles. The van der Waals surface area contributed by atoms with Gasteiger partial charge in [-0.15, -0.1) is 11.3 Å². The molecular formula is C9H6N4O3S. The number of aromatic nitrogens is 4. The molecule has 0 bridgehead atoms. The van der Waals surface area contributed by atoms with E-state index in [4.69, 9.17) is 4.74 Å². The van der Waals surface area contributed by atoms with Crippen LogP contribution in [-0.4, -0.2) is 27.0 Å². The summed E-state index contributed by atoms with van der Waals surface area (Å²) in [6.45, 7) is 0. The lowest BCUT2D eigenvalue weighted by Crippen LogP contribution is -2.20. The third-order valence-electron chi connectivity index (χ3n) is 2.26. The fourth-order valence-corrected chi connectivity index (χ4v) is 2.47. The number of ether oxygens (including phenoxy) is 1. The van der Waals surface area contributed by atoms with Crippen molar-refractivity contribution in [3.8, 4) is 5.88 Å². The Morgan fingerprint density at radius 2 is 2.18 bits per heavy atom. The largest absolute Gasteiger partial charge is 0.480 e. The van der Waals surface area contributed by atoms with Gasteiger partial charge in [0, 0.05) is 0 Å². The summed E-state index contributed by atoms with van der Waals surface area (Å²) >= 11 is 1.17. The second-order valence-corrected chi connectivity index (χ2v) is 4.28. The van der Waals surface area contributed by atoms with Gasteiger partial charge in [-0.05, 0) is 0 Å². The van der Waals surface area contributed by atoms with Crippen LogP contribution in [0.5, 0.6) is 5.88 Å². The zero-order chi connectivity index (χ0) is 12.0. The zero-order valence-corrected chi connectivity index (χ0v) is 9.42. The SMILES string of the molecule is COc1cnc2sc3c(=O)[nH]c(=O)[nH]c3c2n1. The van der Waals surface area contributed by atoms with Gasteiger partial charge in [0.1, 0.15) is 15.0 Å². The average molecular weight is 250 g/mol. The van der Waals surface area contributed by atoms with E-state index < -0.39 is 11.2 Å². The van der Waals surface area contributed by atoms with E-state index >= 15 is 0 Å². The highest BCUT2D eigenvalue weighted by molar-refractivity contribution is 7.25. The van der Waals surface area contributed by atoms with Gasteiger partial charge in [-0.2, -0.15) is 0 Å². The third kappa shape index (κ3) is 1.41. The molecule has 0 aliphatic heterocycles. The van der Waals surface area contributed by atoms with Crippen molar-refractivity contribution in [2.24, 2.45) is 0 Å². The Labute approximate surface area is 97.1 Å². The molecule has 2 N–H and O–H groups in total. The van der Waals surface area contributed by atoms with Crippen LogP contribution in [0, 0.1) is 0 Å². The number of thiophene rings is 1. The minimum absolute atomic E-state index is 0.332. The standard InChI is InChI=1S/C9H6N4O3S/c1-16-3-2-10-8-5(11-3)4-6(17-8)7(14)13-9(15)12-4/h2H,1H3,(H2,12,13,14,15). The maximum absolute atomic E-state index is 11.6. The summed E-state index contributed by atoms with van der Waals surface area (Å²) in [4.78, 5) is 36.4. The number of hydrogen-bond acceptors (Lipinski definition) is 6. The molecule has 0 unspecified atom stereocenters. The number of methoxy groups -OCH3 is 1. The predicted molar refractivity (Wildman–Crippen MR) is 62.7 cm³/mol. The Hall–Kier alpha value is -2.22. The maximum atomic E-state index is 11.6. The fourth-order valence-electron chi connectivity index (χ4n) is 1.53. The molecule has 3 rings (SSSR count). The number of hydrogen-bond donors (Lipinski definition) is 2. The van der Waals surface area contributed by atoms with Crippen molar-refractivity contribution in [3.63, 3.8) is 0 Å². The van der Waals surface area contributed by atoms with E-state index in [9.17, 15) is 9.59 Å². The molecule has 0 saturated carbocycles. The summed E-state index contributed by atoms with van der Waals surface area (Å²) in [6.07, 6.45) is 1.46. The van der Waals surface area contributed by atoms with Gasteiger partial charge in [0.2, 0.25) is 5.88 Å². The molecular weight excluding hydrogens is 244 g/mol. The van der Waals surface area contributed by atoms with Crippen molar-refractivity contribution in [1.82, 2.24) is 19.9 Å². The molecule has 86 valence electrons. The van der Waals surface area contributed by atoms with Crippen molar-refractivity contribution in [1.29, 1.82) is 0 Å². The topological polar surface area (TPSA) is 101 Å². The first-order chi connectivity index (χ1) is 8.19. The molecule has 3 heterocycles. The summed E-state index contributed by atoms with van der Waals surface area (Å²) in [6, 6.07) is 0. The number of rotatable bonds is 1. The molecule has 8 heteroatoms. The van der Waals surface area contributed by atoms with E-state index in [-0.39, 0.29) is 0 Å². The number of nitrogens with one attached hydrogen (secondary N) is 2. The smallest absolute Gasteiger partial charge is 0.326 e. The van der Waals surface area contributed by atoms with Crippen LogP contribution in [-0.2, 0) is 0 Å². The Morgan fingerprint density at radius 1 is 1.35 bits per heavy atom. The molecule has 0 aliphatic carbocycles. The Morgan fingerprint density at radius 3 is 2.94 bits per heavy atom. The zero-order valence-electron chi connectivity index (χ0n) is 8.60. The molecule has 7 nitrogen and oxygen atoms in total. The van der Waals surface area contributed by atoms with Crippen molar-refractivity contribution in [2.75, 3.05) is 7.11 Å². The van der Waals surface area contributed by atoms with Crippen LogP contribution < -0.4 is 16.0 Å². The Kier molecular flexibility index (Phi) is 1.99. The quantitative estimate of drug-likeness (QED) is 0.643. The van der Waals surface area contributed by atoms with Crippen LogP contribution in [0.2, 0.25) is 0 Å². The maximum Gasteiger partial charge on any atom is 0.326 e. The highest BCUT2D eigenvalue weighted by Gasteiger charge is 2.12. The van der Waals surface area contributed by atoms with Gasteiger partial charge in [-0.1, -0.05) is 0 Å². The Balaban J connectivity index is 2.57. The number of H-pyrrole nitrogens is 2. The van der Waals surface area contributed by atoms with E-state index in [1.807, 2.05) is 0 Å². The van der Waals surface area contributed by atoms with Gasteiger partial charge in [0.15, 0.2) is 0 Å². The minimum atomic E-state index is -0.563. The van der Waals surface area contributed by atoms with Gasteiger partial charge in [0.05, 0.1) is 18.8 Å². The summed E-state index contributed by atoms with van der Waals surface area (Å²) in [5.74, 6) is 0.332. The molecule has 3 aromatic rings. The van der Waals surface area contributed by atoms with Crippen LogP contribution in [0.4, 0.5) is 0 Å². The molecule has 17 heavy (non-hydrogen) atoms. The van der Waals surface area contributed by atoms with E-state index in [2.05, 4.69) is 19.9 Å². The highest BCUT2D eigenvalue weighted by atomic mass is 32.1. The first-order valence-electron chi connectivity index (χ1n) is 4.65. The monoisotopic (exact) mass is 250 g/mol. The summed E-state index contributed by atoms with van der Waals surface area (Å²) < 4.78 is 5.35. The minimum Gasteiger partial charge on any atom is -0.480 e. The first kappa shape index (κ1) is 9.97. The molecule has 0 amide bonds. The fraction of sp³-hybridized carbons (Fsp3) is 0.111. The summed E-state index contributed by atoms with van der Waals surface area (Å²) in [7, 11) is 1.47. The number of aromatic amines is 2. The van der Waals surface area contributed by atoms with Gasteiger partial charge in [0.25, 0.3) is 5.56 Å². The average Bonchev–Trinajstić information content (AvgIpc) is 2.67. The lowest BCUT2D eigenvalue weighted by atomic mass is 10.4. The van der Waals surface area contributed by atoms with E-state index in [1.165, 1.54) is 24.6 Å². The lowest BCUT2D eigenvalue weighted by Gasteiger charge is -1.96. The molecule has 0 aromatic carbocycles. The van der Waals surface area contributed by atoms with Crippen molar-refractivity contribution in [2.45, 2.75) is 0 Å². The normalized spacial score (nSPS) is 11.1. The lowest BCUT2D eigenvalue weighted by molar-refractivity contribution is 0.398. The summed E-state index contributed by atoms with van der Waals surface area (Å²) in [5.41, 5.74) is -0.142. The van der Waals surface area contributed by atoms with Gasteiger partial charge >= 0.3 is 5.69 Å². The van der Waals surface area contributed by atoms with Crippen LogP contribution in [0.25, 0.3) is 20.6 Å². The predicted octanol–water partition coefficient (Wildman–Crippen LogP) is 0.230. The van der Waals surface area contributed by atoms with Crippen molar-refractivity contribution < 1.29 is 4.74 Å². The van der Waals surface area contributed by atoms with Crippen LogP contribution in [0.3, 0.4) is 0 Å². The second kappa shape index (κ2) is 3.39. The van der Waals surface area contributed by atoms with Gasteiger partial charge in [-0.3, -0.25) is 9.78 Å². The second-order valence-electron chi connectivity index (χ2n) is 3.28. The van der Waals surface area contributed by atoms with E-state index in [0.29, 0.717) is 26.4 Å². The first-order valence-corrected chi connectivity index (χ1v) is 5.46. The summed E-state index contributed by atoms with van der Waals surface area (Å²) in [5, 5.41) is 0. The van der Waals surface area contributed by atoms with E-state index in [0.717, 1.165) is 0 Å².